The molecule has 0 bridgehead atoms. The fraction of sp³-hybridized carbons (Fsp3) is 0.814. The van der Waals surface area contributed by atoms with Crippen LogP contribution < -0.4 is 27.4 Å². The normalized spacial score (nSPS) is 15.6. The lowest BCUT2D eigenvalue weighted by Crippen LogP contribution is -2.36. The number of unbranched alkanes of at least 4 members (excludes halogenated alkanes) is 35. The van der Waals surface area contributed by atoms with Gasteiger partial charge in [-0.3, -0.25) is 27.8 Å². The van der Waals surface area contributed by atoms with Crippen molar-refractivity contribution in [3.63, 3.8) is 0 Å². The smallest absolute Gasteiger partial charge is 0.462 e. The van der Waals surface area contributed by atoms with Crippen LogP contribution in [0.25, 0.3) is 33.5 Å². The average molecular weight is 2140 g/mol. The van der Waals surface area contributed by atoms with Gasteiger partial charge in [0.05, 0.1) is 89.0 Å². The molecule has 0 aromatic carbocycles. The first kappa shape index (κ1) is 126. The minimum atomic E-state index is -3.80. The number of hydrogen-bond donors (Lipinski definition) is 5. The van der Waals surface area contributed by atoms with Crippen molar-refractivity contribution in [3.05, 3.63) is 38.0 Å². The molecule has 43 heteroatoms. The molecule has 7 rings (SSSR count). The molecule has 6 aromatic heterocycles. The van der Waals surface area contributed by atoms with Crippen LogP contribution in [0.3, 0.4) is 0 Å². The molecule has 0 aliphatic heterocycles. The van der Waals surface area contributed by atoms with Crippen LogP contribution in [0.1, 0.15) is 359 Å². The second-order valence-corrected chi connectivity index (χ2v) is 52.9. The van der Waals surface area contributed by atoms with E-state index in [1.165, 1.54) is 244 Å². The van der Waals surface area contributed by atoms with Crippen molar-refractivity contribution in [1.29, 1.82) is 0 Å². The molecule has 11 atom stereocenters. The number of hydrogen-bond acceptors (Lipinski definition) is 32. The first-order valence-electron chi connectivity index (χ1n) is 52.2. The van der Waals surface area contributed by atoms with Gasteiger partial charge in [-0.2, -0.15) is 0 Å². The lowest BCUT2D eigenvalue weighted by molar-refractivity contribution is -0.149. The Morgan fingerprint density at radius 1 is 0.386 bits per heavy atom. The summed E-state index contributed by atoms with van der Waals surface area (Å²) in [5.74, 6) is 4.60. The van der Waals surface area contributed by atoms with E-state index in [-0.39, 0.29) is 97.7 Å². The number of nitrogen functional groups attached to an aromatic ring is 3. The Bertz CT molecular complexity index is 4400. The van der Waals surface area contributed by atoms with Crippen LogP contribution in [0.2, 0.25) is 0 Å². The molecule has 1 fully saturated rings. The van der Waals surface area contributed by atoms with E-state index in [1.54, 1.807) is 74.2 Å². The largest absolute Gasteiger partial charge is 0.510 e. The number of imidazole rings is 3. The van der Waals surface area contributed by atoms with Crippen LogP contribution in [0.4, 0.5) is 22.2 Å². The molecule has 0 spiro atoms. The van der Waals surface area contributed by atoms with Gasteiger partial charge in [-0.05, 0) is 125 Å². The Labute approximate surface area is 858 Å². The van der Waals surface area contributed by atoms with Crippen LogP contribution in [0.5, 0.6) is 0 Å². The monoisotopic (exact) mass is 2140 g/mol. The number of carbonyl (C=O) groups excluding carboxylic acids is 3. The van der Waals surface area contributed by atoms with Crippen molar-refractivity contribution < 1.29 is 79.3 Å². The minimum absolute atomic E-state index is 0.159. The third-order valence-corrected chi connectivity index (χ3v) is 36.0. The van der Waals surface area contributed by atoms with E-state index >= 15 is 0 Å². The summed E-state index contributed by atoms with van der Waals surface area (Å²) >= 11 is 17.1. The quantitative estimate of drug-likeness (QED) is 0.00778. The maximum Gasteiger partial charge on any atom is 0.510 e. The first-order valence-corrected chi connectivity index (χ1v) is 65.0. The highest BCUT2D eigenvalue weighted by Gasteiger charge is 2.34. The highest BCUT2D eigenvalue weighted by atomic mass is 32.8. The van der Waals surface area contributed by atoms with Gasteiger partial charge in [0.1, 0.15) is 72.8 Å². The molecule has 6 aromatic rings. The van der Waals surface area contributed by atoms with E-state index < -0.39 is 65.7 Å². The lowest BCUT2D eigenvalue weighted by Gasteiger charge is -2.25. The van der Waals surface area contributed by atoms with Crippen LogP contribution in [0.15, 0.2) is 38.0 Å². The van der Waals surface area contributed by atoms with Crippen molar-refractivity contribution in [1.82, 2.24) is 68.7 Å². The second-order valence-electron chi connectivity index (χ2n) is 37.4. The van der Waals surface area contributed by atoms with Crippen molar-refractivity contribution >= 4 is 154 Å². The molecule has 0 radical (unpaired) electrons. The predicted octanol–water partition coefficient (Wildman–Crippen LogP) is 22.4. The van der Waals surface area contributed by atoms with Gasteiger partial charge in [0.25, 0.3) is 15.0 Å². The van der Waals surface area contributed by atoms with E-state index in [4.69, 9.17) is 102 Å². The van der Waals surface area contributed by atoms with Crippen LogP contribution >= 0.6 is 22.6 Å². The number of esters is 2. The third-order valence-electron chi connectivity index (χ3n) is 23.7. The Morgan fingerprint density at radius 3 is 0.971 bits per heavy atom. The summed E-state index contributed by atoms with van der Waals surface area (Å²) in [7, 11) is -11.7. The number of anilines is 3. The van der Waals surface area contributed by atoms with Gasteiger partial charge in [0, 0.05) is 17.3 Å². The molecule has 8 N–H and O–H groups in total. The van der Waals surface area contributed by atoms with Crippen molar-refractivity contribution in [3.8, 4) is 0 Å². The number of nitrogens with two attached hydrogens (primary N) is 3. The zero-order valence-electron chi connectivity index (χ0n) is 86.6. The molecular formula is C97H176N17O17P3S6. The fourth-order valence-electron chi connectivity index (χ4n) is 15.8. The molecule has 0 amide bonds. The molecule has 1 aliphatic rings. The number of nitrogens with zero attached hydrogens (tertiary/aromatic N) is 12. The van der Waals surface area contributed by atoms with Gasteiger partial charge in [0.2, 0.25) is 6.79 Å². The summed E-state index contributed by atoms with van der Waals surface area (Å²) in [4.78, 5) is 74.7. The Hall–Kier alpha value is -4.70. The van der Waals surface area contributed by atoms with Crippen LogP contribution in [-0.4, -0.2) is 206 Å². The standard InChI is InChI=1S/C35H62N5O7PS2.2C31H57N6O5PS2/c1-3-4-5-6-7-8-9-10-11-12-13-14-15-19-23-50(49)24-22-45-48(42,46-28-43-35(41)47-31-20-17-16-18-21-31)29-44-30(2)25-40-27-39-32-33(36)37-26-38-34(32)40;2*1-6-7-8-9-10-11-12-13-14-15-16-17-19-45(44)20-18-41-43(39,36-27(5)31(38)42-25(2)3)24-40-26(4)21-37-23-35-28-29(32)33-22-34-30(28)37/h26-27,30-31H,3-25,28-29H2,1-2H3,(H2,36,37,38);2*22-23,25-27H,6-21,24H2,1-5H3,(H,36,39)(H2,32,33,34)/t30-,48-,50?;26-,27+,43?,45?;26-,27+,43+,45?/m111/s1. The molecule has 140 heavy (non-hydrogen) atoms. The second kappa shape index (κ2) is 75.1. The molecule has 1 aliphatic carbocycles. The Morgan fingerprint density at radius 2 is 0.671 bits per heavy atom. The first-order chi connectivity index (χ1) is 67.4. The molecular weight excluding hydrogens is 1960 g/mol. The number of carbonyl (C=O) groups is 3. The van der Waals surface area contributed by atoms with E-state index in [0.29, 0.717) is 87.8 Å². The maximum atomic E-state index is 13.9. The average Bonchev–Trinajstić information content (AvgIpc) is 1.67. The molecule has 6 heterocycles. The van der Waals surface area contributed by atoms with E-state index in [9.17, 15) is 28.1 Å². The van der Waals surface area contributed by atoms with E-state index in [0.717, 1.165) is 68.6 Å². The van der Waals surface area contributed by atoms with Crippen LogP contribution in [-0.2, 0) is 156 Å². The summed E-state index contributed by atoms with van der Waals surface area (Å²) in [5, 5.41) is 5.73. The fourth-order valence-corrected chi connectivity index (χ4v) is 25.6. The summed E-state index contributed by atoms with van der Waals surface area (Å²) in [6, 6.07) is -1.67. The van der Waals surface area contributed by atoms with Crippen molar-refractivity contribution in [2.24, 2.45) is 0 Å². The molecule has 802 valence electrons. The molecule has 0 saturated heterocycles. The number of ether oxygens (including phenoxy) is 7. The topological polar surface area (TPSA) is 437 Å². The van der Waals surface area contributed by atoms with Crippen molar-refractivity contribution in [2.45, 2.75) is 428 Å². The third kappa shape index (κ3) is 55.9. The summed E-state index contributed by atoms with van der Waals surface area (Å²) < 4.78 is 109. The highest BCUT2D eigenvalue weighted by molar-refractivity contribution is 8.29. The van der Waals surface area contributed by atoms with Gasteiger partial charge in [0.15, 0.2) is 34.4 Å². The lowest BCUT2D eigenvalue weighted by atomic mass is 9.98. The minimum Gasteiger partial charge on any atom is -0.462 e. The SMILES string of the molecule is CCCCCCCCCCCCCCCCS(=S)CCO[P@](=O)(CO[C@H](C)Cn1cnc2c(N)ncnc21)OCOC(=O)OC1CCCCC1.CCCCCCCCCCCCCCS(=S)CCOP(=O)(CO[C@H](C)Cn1cnc2c(N)ncnc21)N[C@@H](C)C(=O)OC(C)C.CCCCCCCCCCCCCCS(=S)CCO[P@@](=O)(CO[C@H](C)Cn1cnc2c(N)ncnc21)N[C@@H](C)C(=O)OC(C)C. The number of aromatic nitrogens is 12. The van der Waals surface area contributed by atoms with E-state index in [1.807, 2.05) is 20.8 Å². The molecule has 1 saturated carbocycles. The van der Waals surface area contributed by atoms with Gasteiger partial charge < -0.3 is 77.6 Å². The Balaban J connectivity index is 0.000000371. The Kier molecular flexibility index (Phi) is 67.4. The molecule has 34 nitrogen and oxygen atoms in total. The highest BCUT2D eigenvalue weighted by Crippen LogP contribution is 2.49. The number of fused-ring (bicyclic) bond motifs is 3. The number of rotatable bonds is 80. The van der Waals surface area contributed by atoms with E-state index in [2.05, 4.69) is 75.8 Å². The zero-order valence-corrected chi connectivity index (χ0v) is 94.2. The van der Waals surface area contributed by atoms with Gasteiger partial charge in [-0.25, -0.2) is 59.8 Å². The van der Waals surface area contributed by atoms with Gasteiger partial charge in [-0.15, -0.1) is 28.4 Å². The van der Waals surface area contributed by atoms with Gasteiger partial charge >= 0.3 is 25.7 Å². The summed E-state index contributed by atoms with van der Waals surface area (Å²) in [6.07, 6.45) is 60.3. The predicted molar refractivity (Wildman–Crippen MR) is 580 cm³/mol. The van der Waals surface area contributed by atoms with Crippen molar-refractivity contribution in [2.75, 3.05) is 97.4 Å². The molecule has 4 unspecified atom stereocenters. The maximum absolute atomic E-state index is 13.9. The number of nitrogens with one attached hydrogen (secondary N) is 2. The van der Waals surface area contributed by atoms with Gasteiger partial charge in [-0.1, -0.05) is 285 Å². The van der Waals surface area contributed by atoms with Crippen LogP contribution in [0, 0.1) is 0 Å². The zero-order chi connectivity index (χ0) is 102. The summed E-state index contributed by atoms with van der Waals surface area (Å²) in [5.41, 5.74) is 21.0. The summed E-state index contributed by atoms with van der Waals surface area (Å²) in [6.45, 7) is 23.8.